The van der Waals surface area contributed by atoms with E-state index in [1.165, 1.54) is 6.07 Å². The van der Waals surface area contributed by atoms with Gasteiger partial charge in [0, 0.05) is 18.5 Å². The van der Waals surface area contributed by atoms with Crippen molar-refractivity contribution in [1.82, 2.24) is 10.6 Å². The number of hydrogen-bond donors (Lipinski definition) is 2. The van der Waals surface area contributed by atoms with Crippen molar-refractivity contribution >= 4 is 34.2 Å². The third kappa shape index (κ3) is 6.20. The lowest BCUT2D eigenvalue weighted by molar-refractivity contribution is -0.124. The highest BCUT2D eigenvalue weighted by molar-refractivity contribution is 9.10. The van der Waals surface area contributed by atoms with Crippen LogP contribution < -0.4 is 10.6 Å². The topological polar surface area (TPSA) is 41.1 Å². The van der Waals surface area contributed by atoms with E-state index in [1.807, 2.05) is 20.9 Å². The molecule has 20 heavy (non-hydrogen) atoms. The maximum atomic E-state index is 13.1. The number of carbonyl (C=O) groups is 1. The predicted octanol–water partition coefficient (Wildman–Crippen LogP) is 2.91. The second-order valence-corrected chi connectivity index (χ2v) is 5.68. The average Bonchev–Trinajstić information content (AvgIpc) is 2.34. The second-order valence-electron chi connectivity index (χ2n) is 4.82. The number of amides is 1. The van der Waals surface area contributed by atoms with Crippen LogP contribution in [0.1, 0.15) is 19.4 Å². The van der Waals surface area contributed by atoms with Crippen molar-refractivity contribution in [3.63, 3.8) is 0 Å². The van der Waals surface area contributed by atoms with Crippen LogP contribution in [0.3, 0.4) is 0 Å². The molecule has 1 rings (SSSR count). The summed E-state index contributed by atoms with van der Waals surface area (Å²) in [4.78, 5) is 11.8. The molecular weight excluding hydrogens is 347 g/mol. The minimum Gasteiger partial charge on any atom is -0.353 e. The number of carbonyl (C=O) groups excluding carboxylic acids is 1. The van der Waals surface area contributed by atoms with Gasteiger partial charge in [-0.2, -0.15) is 0 Å². The van der Waals surface area contributed by atoms with Gasteiger partial charge in [-0.3, -0.25) is 4.79 Å². The summed E-state index contributed by atoms with van der Waals surface area (Å²) in [7, 11) is 1.82. The van der Waals surface area contributed by atoms with E-state index in [2.05, 4.69) is 26.6 Å². The Balaban J connectivity index is 0.00000361. The van der Waals surface area contributed by atoms with Crippen molar-refractivity contribution < 1.29 is 9.18 Å². The first-order valence-electron chi connectivity index (χ1n) is 6.33. The van der Waals surface area contributed by atoms with Gasteiger partial charge < -0.3 is 10.6 Å². The van der Waals surface area contributed by atoms with Gasteiger partial charge in [0.15, 0.2) is 0 Å². The Bertz CT molecular complexity index is 445. The summed E-state index contributed by atoms with van der Waals surface area (Å²) in [6.07, 6.45) is 0.677. The van der Waals surface area contributed by atoms with Gasteiger partial charge in [-0.25, -0.2) is 4.39 Å². The molecule has 1 aromatic rings. The smallest absolute Gasteiger partial charge is 0.224 e. The number of benzene rings is 1. The molecule has 0 aliphatic rings. The second kappa shape index (κ2) is 9.32. The van der Waals surface area contributed by atoms with E-state index in [0.717, 1.165) is 5.56 Å². The van der Waals surface area contributed by atoms with Crippen LogP contribution in [0.2, 0.25) is 0 Å². The van der Waals surface area contributed by atoms with Gasteiger partial charge >= 0.3 is 0 Å². The first-order chi connectivity index (χ1) is 8.93. The summed E-state index contributed by atoms with van der Waals surface area (Å²) >= 11 is 3.16. The third-order valence-electron chi connectivity index (χ3n) is 2.87. The molecule has 0 bridgehead atoms. The van der Waals surface area contributed by atoms with E-state index in [1.54, 1.807) is 12.1 Å². The molecule has 114 valence electrons. The number of halogens is 3. The maximum Gasteiger partial charge on any atom is 0.224 e. The SMILES string of the molecule is CNCC(C)C(=O)NC(C)Cc1ccc(F)c(Br)c1.Cl. The minimum absolute atomic E-state index is 0. The molecule has 0 heterocycles. The molecule has 3 nitrogen and oxygen atoms in total. The molecule has 2 unspecified atom stereocenters. The van der Waals surface area contributed by atoms with Crippen molar-refractivity contribution in [2.24, 2.45) is 5.92 Å². The van der Waals surface area contributed by atoms with Crippen molar-refractivity contribution in [2.45, 2.75) is 26.3 Å². The summed E-state index contributed by atoms with van der Waals surface area (Å²) in [5.41, 5.74) is 0.988. The third-order valence-corrected chi connectivity index (χ3v) is 3.48. The molecule has 1 amide bonds. The zero-order chi connectivity index (χ0) is 14.4. The Morgan fingerprint density at radius 2 is 2.05 bits per heavy atom. The van der Waals surface area contributed by atoms with Crippen LogP contribution in [-0.2, 0) is 11.2 Å². The maximum absolute atomic E-state index is 13.1. The van der Waals surface area contributed by atoms with E-state index < -0.39 is 0 Å². The first kappa shape index (κ1) is 19.4. The van der Waals surface area contributed by atoms with Crippen LogP contribution in [0.15, 0.2) is 22.7 Å². The van der Waals surface area contributed by atoms with Crippen LogP contribution >= 0.6 is 28.3 Å². The normalized spacial score (nSPS) is 13.2. The van der Waals surface area contributed by atoms with Gasteiger partial charge in [0.25, 0.3) is 0 Å². The Morgan fingerprint density at radius 1 is 1.40 bits per heavy atom. The highest BCUT2D eigenvalue weighted by Crippen LogP contribution is 2.17. The molecule has 0 aliphatic carbocycles. The monoisotopic (exact) mass is 366 g/mol. The molecular formula is C14H21BrClFN2O. The van der Waals surface area contributed by atoms with Gasteiger partial charge in [-0.05, 0) is 54.0 Å². The molecule has 2 N–H and O–H groups in total. The van der Waals surface area contributed by atoms with Crippen molar-refractivity contribution in [1.29, 1.82) is 0 Å². The van der Waals surface area contributed by atoms with Crippen LogP contribution in [0, 0.1) is 11.7 Å². The fourth-order valence-electron chi connectivity index (χ4n) is 1.86. The van der Waals surface area contributed by atoms with Crippen molar-refractivity contribution in [3.05, 3.63) is 34.1 Å². The average molecular weight is 368 g/mol. The number of rotatable bonds is 6. The van der Waals surface area contributed by atoms with E-state index in [0.29, 0.717) is 17.4 Å². The Hall–Kier alpha value is -0.650. The zero-order valence-corrected chi connectivity index (χ0v) is 14.3. The van der Waals surface area contributed by atoms with E-state index in [-0.39, 0.29) is 36.1 Å². The van der Waals surface area contributed by atoms with Crippen LogP contribution in [0.5, 0.6) is 0 Å². The Kier molecular flexibility index (Phi) is 9.01. The molecule has 0 aromatic heterocycles. The quantitative estimate of drug-likeness (QED) is 0.812. The lowest BCUT2D eigenvalue weighted by Crippen LogP contribution is -2.40. The molecule has 0 radical (unpaired) electrons. The zero-order valence-electron chi connectivity index (χ0n) is 11.9. The van der Waals surface area contributed by atoms with Crippen LogP contribution in [-0.4, -0.2) is 25.5 Å². The van der Waals surface area contributed by atoms with Crippen LogP contribution in [0.25, 0.3) is 0 Å². The summed E-state index contributed by atoms with van der Waals surface area (Å²) < 4.78 is 13.6. The highest BCUT2D eigenvalue weighted by Gasteiger charge is 2.14. The summed E-state index contributed by atoms with van der Waals surface area (Å²) in [5, 5.41) is 5.94. The standard InChI is InChI=1S/C14H20BrFN2O.ClH/c1-9(8-17-3)14(19)18-10(2)6-11-4-5-13(16)12(15)7-11;/h4-5,7,9-10,17H,6,8H2,1-3H3,(H,18,19);1H. The Labute approximate surface area is 134 Å². The first-order valence-corrected chi connectivity index (χ1v) is 7.12. The predicted molar refractivity (Wildman–Crippen MR) is 85.7 cm³/mol. The molecule has 2 atom stereocenters. The van der Waals surface area contributed by atoms with Crippen molar-refractivity contribution in [3.8, 4) is 0 Å². The summed E-state index contributed by atoms with van der Waals surface area (Å²) in [5.74, 6) is -0.307. The molecule has 0 saturated heterocycles. The van der Waals surface area contributed by atoms with E-state index in [9.17, 15) is 9.18 Å². The molecule has 0 saturated carbocycles. The lowest BCUT2D eigenvalue weighted by Gasteiger charge is -2.17. The van der Waals surface area contributed by atoms with Gasteiger partial charge in [0.05, 0.1) is 4.47 Å². The summed E-state index contributed by atoms with van der Waals surface area (Å²) in [6, 6.07) is 4.93. The van der Waals surface area contributed by atoms with E-state index >= 15 is 0 Å². The van der Waals surface area contributed by atoms with Crippen LogP contribution in [0.4, 0.5) is 4.39 Å². The van der Waals surface area contributed by atoms with Gasteiger partial charge in [-0.15, -0.1) is 12.4 Å². The molecule has 0 aliphatic heterocycles. The molecule has 0 fully saturated rings. The highest BCUT2D eigenvalue weighted by atomic mass is 79.9. The van der Waals surface area contributed by atoms with Crippen molar-refractivity contribution in [2.75, 3.05) is 13.6 Å². The van der Waals surface area contributed by atoms with Gasteiger partial charge in [0.2, 0.25) is 5.91 Å². The minimum atomic E-state index is -0.275. The fraction of sp³-hybridized carbons (Fsp3) is 0.500. The molecule has 6 heteroatoms. The fourth-order valence-corrected chi connectivity index (χ4v) is 2.28. The van der Waals surface area contributed by atoms with Gasteiger partial charge in [0.1, 0.15) is 5.82 Å². The number of nitrogens with one attached hydrogen (secondary N) is 2. The Morgan fingerprint density at radius 3 is 2.60 bits per heavy atom. The largest absolute Gasteiger partial charge is 0.353 e. The van der Waals surface area contributed by atoms with Gasteiger partial charge in [-0.1, -0.05) is 13.0 Å². The lowest BCUT2D eigenvalue weighted by atomic mass is 10.1. The number of hydrogen-bond acceptors (Lipinski definition) is 2. The summed E-state index contributed by atoms with van der Waals surface area (Å²) in [6.45, 7) is 4.48. The molecule has 0 spiro atoms. The van der Waals surface area contributed by atoms with E-state index in [4.69, 9.17) is 0 Å². The molecule has 1 aromatic carbocycles.